The molecule has 0 spiro atoms. The Labute approximate surface area is 162 Å². The van der Waals surface area contributed by atoms with Crippen molar-refractivity contribution in [1.82, 2.24) is 4.98 Å². The van der Waals surface area contributed by atoms with Crippen LogP contribution in [0.1, 0.15) is 18.2 Å². The summed E-state index contributed by atoms with van der Waals surface area (Å²) in [5, 5.41) is 3.25. The maximum Gasteiger partial charge on any atom is 0.318 e. The van der Waals surface area contributed by atoms with Crippen molar-refractivity contribution in [3.8, 4) is 0 Å². The number of aryl methyl sites for hydroxylation is 1. The number of fused-ring (bicyclic) bond motifs is 1. The van der Waals surface area contributed by atoms with Crippen LogP contribution in [0.3, 0.4) is 0 Å². The quantitative estimate of drug-likeness (QED) is 0.509. The molecule has 1 amide bonds. The van der Waals surface area contributed by atoms with Gasteiger partial charge >= 0.3 is 5.97 Å². The van der Waals surface area contributed by atoms with Gasteiger partial charge in [-0.15, -0.1) is 0 Å². The Morgan fingerprint density at radius 3 is 2.46 bits per heavy atom. The highest BCUT2D eigenvalue weighted by molar-refractivity contribution is 6.05. The highest BCUT2D eigenvalue weighted by Crippen LogP contribution is 2.17. The zero-order chi connectivity index (χ0) is 20.1. The Bertz CT molecular complexity index is 1060. The second-order valence-corrected chi connectivity index (χ2v) is 6.47. The largest absolute Gasteiger partial charge is 0.465 e. The number of hydrogen-bond donors (Lipinski definition) is 2. The SMILES string of the molecule is CCOC(=O)[C@@H](Cc1c(C)[nH]c2ccccc2c1=O)C(=O)Nc1ccccc1. The van der Waals surface area contributed by atoms with Crippen molar-refractivity contribution in [3.05, 3.63) is 76.1 Å². The third-order valence-corrected chi connectivity index (χ3v) is 4.56. The minimum absolute atomic E-state index is 0.0382. The van der Waals surface area contributed by atoms with Gasteiger partial charge in [-0.1, -0.05) is 30.3 Å². The molecule has 6 heteroatoms. The van der Waals surface area contributed by atoms with Gasteiger partial charge in [0.1, 0.15) is 5.92 Å². The number of ether oxygens (including phenoxy) is 1. The van der Waals surface area contributed by atoms with Crippen LogP contribution in [-0.4, -0.2) is 23.5 Å². The van der Waals surface area contributed by atoms with E-state index in [2.05, 4.69) is 10.3 Å². The van der Waals surface area contributed by atoms with Crippen LogP contribution in [0, 0.1) is 12.8 Å². The number of hydrogen-bond acceptors (Lipinski definition) is 4. The van der Waals surface area contributed by atoms with E-state index < -0.39 is 17.8 Å². The smallest absolute Gasteiger partial charge is 0.318 e. The van der Waals surface area contributed by atoms with E-state index in [0.29, 0.717) is 22.3 Å². The second-order valence-electron chi connectivity index (χ2n) is 6.47. The lowest BCUT2D eigenvalue weighted by molar-refractivity contribution is -0.150. The summed E-state index contributed by atoms with van der Waals surface area (Å²) in [5.74, 6) is -2.28. The van der Waals surface area contributed by atoms with Crippen molar-refractivity contribution in [3.63, 3.8) is 0 Å². The molecular weight excluding hydrogens is 356 g/mol. The summed E-state index contributed by atoms with van der Waals surface area (Å²) in [5.41, 5.74) is 2.14. The van der Waals surface area contributed by atoms with E-state index in [1.165, 1.54) is 0 Å². The first kappa shape index (κ1) is 19.4. The van der Waals surface area contributed by atoms with Crippen molar-refractivity contribution >= 4 is 28.5 Å². The number of benzene rings is 2. The lowest BCUT2D eigenvalue weighted by Crippen LogP contribution is -2.34. The maximum absolute atomic E-state index is 12.9. The number of aromatic amines is 1. The first-order chi connectivity index (χ1) is 13.5. The molecule has 0 unspecified atom stereocenters. The van der Waals surface area contributed by atoms with E-state index in [1.54, 1.807) is 50.2 Å². The molecule has 1 heterocycles. The Hall–Kier alpha value is -3.41. The summed E-state index contributed by atoms with van der Waals surface area (Å²) in [6.45, 7) is 3.60. The van der Waals surface area contributed by atoms with Crippen LogP contribution in [0.25, 0.3) is 10.9 Å². The monoisotopic (exact) mass is 378 g/mol. The maximum atomic E-state index is 12.9. The van der Waals surface area contributed by atoms with Gasteiger partial charge in [-0.25, -0.2) is 0 Å². The normalized spacial score (nSPS) is 11.8. The molecule has 0 saturated carbocycles. The number of carbonyl (C=O) groups excluding carboxylic acids is 2. The van der Waals surface area contributed by atoms with E-state index in [-0.39, 0.29) is 18.5 Å². The van der Waals surface area contributed by atoms with Crippen molar-refractivity contribution in [2.45, 2.75) is 20.3 Å². The Morgan fingerprint density at radius 1 is 1.07 bits per heavy atom. The lowest BCUT2D eigenvalue weighted by atomic mass is 9.95. The van der Waals surface area contributed by atoms with Crippen LogP contribution < -0.4 is 10.7 Å². The van der Waals surface area contributed by atoms with Crippen LogP contribution in [-0.2, 0) is 20.7 Å². The van der Waals surface area contributed by atoms with Crippen LogP contribution in [0.4, 0.5) is 5.69 Å². The van der Waals surface area contributed by atoms with Gasteiger partial charge in [0.2, 0.25) is 5.91 Å². The summed E-state index contributed by atoms with van der Waals surface area (Å²) in [6.07, 6.45) is -0.0382. The van der Waals surface area contributed by atoms with E-state index in [4.69, 9.17) is 4.74 Å². The summed E-state index contributed by atoms with van der Waals surface area (Å²) < 4.78 is 5.09. The van der Waals surface area contributed by atoms with Gasteiger partial charge in [-0.2, -0.15) is 0 Å². The molecule has 0 saturated heterocycles. The molecule has 3 aromatic rings. The van der Waals surface area contributed by atoms with Crippen LogP contribution in [0.15, 0.2) is 59.4 Å². The van der Waals surface area contributed by atoms with E-state index in [1.807, 2.05) is 18.2 Å². The predicted octanol–water partition coefficient (Wildman–Crippen LogP) is 3.20. The summed E-state index contributed by atoms with van der Waals surface area (Å²) >= 11 is 0. The average molecular weight is 378 g/mol. The zero-order valence-corrected chi connectivity index (χ0v) is 15.8. The first-order valence-electron chi connectivity index (χ1n) is 9.14. The predicted molar refractivity (Wildman–Crippen MR) is 108 cm³/mol. The van der Waals surface area contributed by atoms with Crippen molar-refractivity contribution in [2.24, 2.45) is 5.92 Å². The molecular formula is C22H22N2O4. The highest BCUT2D eigenvalue weighted by Gasteiger charge is 2.30. The molecule has 1 aromatic heterocycles. The van der Waals surface area contributed by atoms with Crippen molar-refractivity contribution < 1.29 is 14.3 Å². The minimum atomic E-state index is -1.12. The van der Waals surface area contributed by atoms with Gasteiger partial charge in [-0.05, 0) is 38.1 Å². The number of esters is 1. The topological polar surface area (TPSA) is 88.3 Å². The Kier molecular flexibility index (Phi) is 5.89. The molecule has 0 aliphatic rings. The number of para-hydroxylation sites is 2. The van der Waals surface area contributed by atoms with Crippen molar-refractivity contribution in [2.75, 3.05) is 11.9 Å². The highest BCUT2D eigenvalue weighted by atomic mass is 16.5. The lowest BCUT2D eigenvalue weighted by Gasteiger charge is -2.17. The summed E-state index contributed by atoms with van der Waals surface area (Å²) in [6, 6.07) is 16.0. The number of anilines is 1. The molecule has 2 aromatic carbocycles. The number of amides is 1. The molecule has 0 fully saturated rings. The van der Waals surface area contributed by atoms with Crippen LogP contribution in [0.5, 0.6) is 0 Å². The van der Waals surface area contributed by atoms with Gasteiger partial charge in [0.05, 0.1) is 6.61 Å². The van der Waals surface area contributed by atoms with E-state index in [9.17, 15) is 14.4 Å². The molecule has 0 aliphatic heterocycles. The third kappa shape index (κ3) is 4.11. The zero-order valence-electron chi connectivity index (χ0n) is 15.8. The molecule has 0 bridgehead atoms. The van der Waals surface area contributed by atoms with Gasteiger partial charge in [0.15, 0.2) is 5.43 Å². The Morgan fingerprint density at radius 2 is 1.75 bits per heavy atom. The first-order valence-corrected chi connectivity index (χ1v) is 9.14. The molecule has 6 nitrogen and oxygen atoms in total. The molecule has 144 valence electrons. The fraction of sp³-hybridized carbons (Fsp3) is 0.227. The summed E-state index contributed by atoms with van der Waals surface area (Å²) in [4.78, 5) is 41.4. The number of nitrogens with one attached hydrogen (secondary N) is 2. The van der Waals surface area contributed by atoms with Gasteiger partial charge < -0.3 is 15.0 Å². The summed E-state index contributed by atoms with van der Waals surface area (Å²) in [7, 11) is 0. The minimum Gasteiger partial charge on any atom is -0.465 e. The number of rotatable bonds is 6. The third-order valence-electron chi connectivity index (χ3n) is 4.56. The van der Waals surface area contributed by atoms with E-state index >= 15 is 0 Å². The number of carbonyl (C=O) groups is 2. The molecule has 3 rings (SSSR count). The average Bonchev–Trinajstić information content (AvgIpc) is 2.68. The number of H-pyrrole nitrogens is 1. The molecule has 2 N–H and O–H groups in total. The fourth-order valence-corrected chi connectivity index (χ4v) is 3.13. The number of aromatic nitrogens is 1. The van der Waals surface area contributed by atoms with Crippen LogP contribution >= 0.6 is 0 Å². The Balaban J connectivity index is 1.96. The number of pyridine rings is 1. The van der Waals surface area contributed by atoms with Crippen LogP contribution in [0.2, 0.25) is 0 Å². The molecule has 1 atom stereocenters. The standard InChI is InChI=1S/C22H22N2O4/c1-3-28-22(27)18(21(26)24-15-9-5-4-6-10-15)13-17-14(2)23-19-12-8-7-11-16(19)20(17)25/h4-12,18H,3,13H2,1-2H3,(H,23,25)(H,24,26)/t18-/m0/s1. The molecule has 0 radical (unpaired) electrons. The van der Waals surface area contributed by atoms with Crippen molar-refractivity contribution in [1.29, 1.82) is 0 Å². The van der Waals surface area contributed by atoms with E-state index in [0.717, 1.165) is 5.52 Å². The van der Waals surface area contributed by atoms with Gasteiger partial charge in [0, 0.05) is 34.3 Å². The van der Waals surface area contributed by atoms with Gasteiger partial charge in [-0.3, -0.25) is 14.4 Å². The molecule has 28 heavy (non-hydrogen) atoms. The van der Waals surface area contributed by atoms with Gasteiger partial charge in [0.25, 0.3) is 0 Å². The molecule has 0 aliphatic carbocycles. The fourth-order valence-electron chi connectivity index (χ4n) is 3.13. The second kappa shape index (κ2) is 8.52.